The molecular formula is C24H23ClN4O4S. The van der Waals surface area contributed by atoms with E-state index in [9.17, 15) is 18.0 Å². The summed E-state index contributed by atoms with van der Waals surface area (Å²) in [6.07, 6.45) is 1.98. The first-order valence-electron chi connectivity index (χ1n) is 10.6. The third kappa shape index (κ3) is 6.06. The summed E-state index contributed by atoms with van der Waals surface area (Å²) in [6, 6.07) is 17.4. The summed E-state index contributed by atoms with van der Waals surface area (Å²) in [5.74, 6) is -0.413. The largest absolute Gasteiger partial charge is 0.335 e. The van der Waals surface area contributed by atoms with Gasteiger partial charge in [-0.3, -0.25) is 9.52 Å². The van der Waals surface area contributed by atoms with E-state index < -0.39 is 15.9 Å². The van der Waals surface area contributed by atoms with Gasteiger partial charge in [0, 0.05) is 28.0 Å². The van der Waals surface area contributed by atoms with E-state index in [2.05, 4.69) is 20.7 Å². The van der Waals surface area contributed by atoms with Crippen molar-refractivity contribution >= 4 is 50.6 Å². The van der Waals surface area contributed by atoms with E-state index in [1.54, 1.807) is 61.5 Å². The van der Waals surface area contributed by atoms with E-state index in [1.807, 2.05) is 0 Å². The Balaban J connectivity index is 1.45. The van der Waals surface area contributed by atoms with Gasteiger partial charge in [0.25, 0.3) is 15.9 Å². The fraction of sp³-hybridized carbons (Fsp3) is 0.167. The van der Waals surface area contributed by atoms with Crippen LogP contribution in [0.5, 0.6) is 0 Å². The monoisotopic (exact) mass is 498 g/mol. The van der Waals surface area contributed by atoms with Crippen LogP contribution < -0.4 is 20.7 Å². The highest BCUT2D eigenvalue weighted by atomic mass is 35.5. The van der Waals surface area contributed by atoms with Crippen LogP contribution in [0.4, 0.5) is 21.9 Å². The molecule has 3 aromatic rings. The Morgan fingerprint density at radius 1 is 0.882 bits per heavy atom. The first-order chi connectivity index (χ1) is 16.2. The van der Waals surface area contributed by atoms with Crippen molar-refractivity contribution in [3.63, 3.8) is 0 Å². The van der Waals surface area contributed by atoms with Crippen LogP contribution in [0.3, 0.4) is 0 Å². The quantitative estimate of drug-likeness (QED) is 0.367. The smallest absolute Gasteiger partial charge is 0.319 e. The van der Waals surface area contributed by atoms with Gasteiger partial charge in [-0.1, -0.05) is 23.7 Å². The molecule has 176 valence electrons. The molecule has 8 nitrogen and oxygen atoms in total. The zero-order valence-electron chi connectivity index (χ0n) is 18.3. The number of halogens is 1. The van der Waals surface area contributed by atoms with Crippen LogP contribution >= 0.6 is 11.6 Å². The van der Waals surface area contributed by atoms with Crippen molar-refractivity contribution in [2.24, 2.45) is 0 Å². The standard InChI is InChI=1S/C24H23ClN4O4S/c1-15-5-8-20(14-22(15)34(32,33)29-21-4-2-3-17(25)13-21)26-23(30)16-6-9-18(10-7-16)27-24(31)28-19-11-12-19/h2-10,13-14,19,29H,11-12H2,1H3,(H,26,30)(H2,27,28,31). The lowest BCUT2D eigenvalue weighted by atomic mass is 10.1. The Labute approximate surface area is 202 Å². The van der Waals surface area contributed by atoms with E-state index >= 15 is 0 Å². The first kappa shape index (κ1) is 23.6. The number of urea groups is 1. The third-order valence-electron chi connectivity index (χ3n) is 5.13. The van der Waals surface area contributed by atoms with Gasteiger partial charge in [-0.2, -0.15) is 0 Å². The van der Waals surface area contributed by atoms with Gasteiger partial charge in [-0.15, -0.1) is 0 Å². The van der Waals surface area contributed by atoms with Gasteiger partial charge in [-0.25, -0.2) is 13.2 Å². The second-order valence-electron chi connectivity index (χ2n) is 8.00. The average Bonchev–Trinajstić information content (AvgIpc) is 3.59. The summed E-state index contributed by atoms with van der Waals surface area (Å²) in [5, 5.41) is 8.66. The Kier molecular flexibility index (Phi) is 6.76. The Morgan fingerprint density at radius 2 is 1.59 bits per heavy atom. The minimum Gasteiger partial charge on any atom is -0.335 e. The topological polar surface area (TPSA) is 116 Å². The number of nitrogens with one attached hydrogen (secondary N) is 4. The normalized spacial score (nSPS) is 13.1. The molecule has 34 heavy (non-hydrogen) atoms. The molecule has 0 bridgehead atoms. The molecule has 1 fully saturated rings. The van der Waals surface area contributed by atoms with Gasteiger partial charge in [0.15, 0.2) is 0 Å². The molecule has 3 aromatic carbocycles. The van der Waals surface area contributed by atoms with Crippen LogP contribution in [0.2, 0.25) is 5.02 Å². The molecule has 0 atom stereocenters. The summed E-state index contributed by atoms with van der Waals surface area (Å²) in [7, 11) is -3.91. The minimum atomic E-state index is -3.91. The van der Waals surface area contributed by atoms with Gasteiger partial charge in [-0.05, 0) is 79.9 Å². The Hall–Kier alpha value is -3.56. The van der Waals surface area contributed by atoms with Crippen LogP contribution in [-0.2, 0) is 10.0 Å². The van der Waals surface area contributed by atoms with Gasteiger partial charge in [0.1, 0.15) is 0 Å². The van der Waals surface area contributed by atoms with Crippen LogP contribution in [0.15, 0.2) is 71.6 Å². The molecular weight excluding hydrogens is 476 g/mol. The molecule has 4 N–H and O–H groups in total. The lowest BCUT2D eigenvalue weighted by molar-refractivity contribution is 0.102. The molecule has 1 aliphatic carbocycles. The van der Waals surface area contributed by atoms with E-state index in [-0.39, 0.29) is 17.0 Å². The van der Waals surface area contributed by atoms with Crippen molar-refractivity contribution in [1.82, 2.24) is 5.32 Å². The number of amides is 3. The van der Waals surface area contributed by atoms with E-state index in [4.69, 9.17) is 11.6 Å². The predicted octanol–water partition coefficient (Wildman–Crippen LogP) is 4.99. The molecule has 1 aliphatic rings. The number of carbonyl (C=O) groups is 2. The number of benzene rings is 3. The zero-order valence-corrected chi connectivity index (χ0v) is 19.8. The summed E-state index contributed by atoms with van der Waals surface area (Å²) in [6.45, 7) is 1.67. The molecule has 0 unspecified atom stereocenters. The molecule has 10 heteroatoms. The highest BCUT2D eigenvalue weighted by Gasteiger charge is 2.23. The van der Waals surface area contributed by atoms with Crippen LogP contribution in [-0.4, -0.2) is 26.4 Å². The summed E-state index contributed by atoms with van der Waals surface area (Å²) in [5.41, 5.74) is 2.10. The molecule has 1 saturated carbocycles. The van der Waals surface area contributed by atoms with Crippen LogP contribution in [0, 0.1) is 6.92 Å². The maximum atomic E-state index is 12.9. The highest BCUT2D eigenvalue weighted by Crippen LogP contribution is 2.25. The number of rotatable bonds is 7. The fourth-order valence-electron chi connectivity index (χ4n) is 3.22. The average molecular weight is 499 g/mol. The maximum absolute atomic E-state index is 12.9. The van der Waals surface area contributed by atoms with Crippen molar-refractivity contribution in [1.29, 1.82) is 0 Å². The lowest BCUT2D eigenvalue weighted by Crippen LogP contribution is -2.30. The van der Waals surface area contributed by atoms with Crippen molar-refractivity contribution in [3.8, 4) is 0 Å². The number of aryl methyl sites for hydroxylation is 1. The lowest BCUT2D eigenvalue weighted by Gasteiger charge is -2.13. The van der Waals surface area contributed by atoms with Gasteiger partial charge < -0.3 is 16.0 Å². The molecule has 0 aromatic heterocycles. The third-order valence-corrected chi connectivity index (χ3v) is 6.89. The van der Waals surface area contributed by atoms with Gasteiger partial charge in [0.05, 0.1) is 10.6 Å². The zero-order chi connectivity index (χ0) is 24.3. The van der Waals surface area contributed by atoms with E-state index in [0.717, 1.165) is 12.8 Å². The highest BCUT2D eigenvalue weighted by molar-refractivity contribution is 7.92. The number of carbonyl (C=O) groups excluding carboxylic acids is 2. The molecule has 0 saturated heterocycles. The van der Waals surface area contributed by atoms with Gasteiger partial charge >= 0.3 is 6.03 Å². The molecule has 3 amide bonds. The summed E-state index contributed by atoms with van der Waals surface area (Å²) in [4.78, 5) is 24.6. The first-order valence-corrected chi connectivity index (χ1v) is 12.4. The molecule has 4 rings (SSSR count). The maximum Gasteiger partial charge on any atom is 0.319 e. The van der Waals surface area contributed by atoms with Gasteiger partial charge in [0.2, 0.25) is 0 Å². The van der Waals surface area contributed by atoms with Crippen molar-refractivity contribution in [2.45, 2.75) is 30.7 Å². The second-order valence-corrected chi connectivity index (χ2v) is 10.1. The van der Waals surface area contributed by atoms with Crippen molar-refractivity contribution < 1.29 is 18.0 Å². The molecule has 0 spiro atoms. The minimum absolute atomic E-state index is 0.0338. The number of anilines is 3. The summed E-state index contributed by atoms with van der Waals surface area (Å²) >= 11 is 5.94. The second kappa shape index (κ2) is 9.74. The van der Waals surface area contributed by atoms with E-state index in [0.29, 0.717) is 33.2 Å². The molecule has 0 heterocycles. The van der Waals surface area contributed by atoms with Crippen molar-refractivity contribution in [2.75, 3.05) is 15.4 Å². The molecule has 0 radical (unpaired) electrons. The van der Waals surface area contributed by atoms with E-state index in [1.165, 1.54) is 12.1 Å². The summed E-state index contributed by atoms with van der Waals surface area (Å²) < 4.78 is 28.4. The SMILES string of the molecule is Cc1ccc(NC(=O)c2ccc(NC(=O)NC3CC3)cc2)cc1S(=O)(=O)Nc1cccc(Cl)c1. The molecule has 0 aliphatic heterocycles. The Bertz CT molecular complexity index is 1340. The number of hydrogen-bond donors (Lipinski definition) is 4. The van der Waals surface area contributed by atoms with Crippen LogP contribution in [0.1, 0.15) is 28.8 Å². The van der Waals surface area contributed by atoms with Crippen LogP contribution in [0.25, 0.3) is 0 Å². The number of hydrogen-bond acceptors (Lipinski definition) is 4. The van der Waals surface area contributed by atoms with Crippen molar-refractivity contribution in [3.05, 3.63) is 82.9 Å². The predicted molar refractivity (Wildman–Crippen MR) is 133 cm³/mol. The fourth-order valence-corrected chi connectivity index (χ4v) is 4.73. The Morgan fingerprint density at radius 3 is 2.26 bits per heavy atom. The number of sulfonamides is 1.